The number of hydrogen-bond acceptors (Lipinski definition) is 2. The van der Waals surface area contributed by atoms with E-state index in [1.165, 1.54) is 23.8 Å². The third-order valence-corrected chi connectivity index (χ3v) is 6.77. The highest BCUT2D eigenvalue weighted by Gasteiger charge is 2.54. The molecule has 3 heteroatoms. The van der Waals surface area contributed by atoms with Gasteiger partial charge in [0, 0.05) is 36.8 Å². The Labute approximate surface area is 166 Å². The van der Waals surface area contributed by atoms with Gasteiger partial charge in [0.2, 0.25) is 0 Å². The summed E-state index contributed by atoms with van der Waals surface area (Å²) in [4.78, 5) is 11.3. The van der Waals surface area contributed by atoms with E-state index in [1.807, 2.05) is 12.3 Å². The van der Waals surface area contributed by atoms with Crippen LogP contribution in [-0.4, -0.2) is 28.8 Å². The Hall–Kier alpha value is -2.65. The van der Waals surface area contributed by atoms with E-state index >= 15 is 0 Å². The van der Waals surface area contributed by atoms with Crippen LogP contribution < -0.4 is 4.84 Å². The van der Waals surface area contributed by atoms with Crippen LogP contribution in [0.15, 0.2) is 79.5 Å². The van der Waals surface area contributed by atoms with E-state index in [2.05, 4.69) is 72.2 Å². The zero-order chi connectivity index (χ0) is 19.0. The van der Waals surface area contributed by atoms with Gasteiger partial charge in [-0.05, 0) is 35.7 Å². The van der Waals surface area contributed by atoms with E-state index in [9.17, 15) is 0 Å². The van der Waals surface area contributed by atoms with E-state index in [0.29, 0.717) is 16.6 Å². The molecule has 4 heterocycles. The van der Waals surface area contributed by atoms with Crippen molar-refractivity contribution in [1.29, 1.82) is 0 Å². The first-order valence-corrected chi connectivity index (χ1v) is 10.3. The molecule has 3 fully saturated rings. The van der Waals surface area contributed by atoms with Crippen molar-refractivity contribution in [1.82, 2.24) is 4.98 Å². The molecule has 3 nitrogen and oxygen atoms in total. The lowest BCUT2D eigenvalue weighted by molar-refractivity contribution is -1.11. The van der Waals surface area contributed by atoms with Crippen LogP contribution in [0.5, 0.6) is 5.75 Å². The number of para-hydroxylation sites is 2. The van der Waals surface area contributed by atoms with Crippen molar-refractivity contribution < 1.29 is 9.48 Å². The topological polar surface area (TPSA) is 22.1 Å². The van der Waals surface area contributed by atoms with Gasteiger partial charge in [-0.15, -0.1) is 11.2 Å². The molecule has 0 amide bonds. The SMILES string of the molecule is C=CC1C[N+]2(Oc3ccccc3)CCC1CC2Cc1ccnc2ccccc12. The molecule has 28 heavy (non-hydrogen) atoms. The molecule has 3 aliphatic rings. The summed E-state index contributed by atoms with van der Waals surface area (Å²) in [6, 6.07) is 21.4. The number of benzene rings is 2. The predicted molar refractivity (Wildman–Crippen MR) is 113 cm³/mol. The second-order valence-corrected chi connectivity index (χ2v) is 8.29. The van der Waals surface area contributed by atoms with Gasteiger partial charge in [0.1, 0.15) is 19.1 Å². The van der Waals surface area contributed by atoms with Crippen molar-refractivity contribution in [2.75, 3.05) is 13.1 Å². The first-order chi connectivity index (χ1) is 13.8. The molecule has 3 saturated heterocycles. The number of piperidine rings is 3. The molecule has 0 radical (unpaired) electrons. The summed E-state index contributed by atoms with van der Waals surface area (Å²) < 4.78 is 0.716. The number of rotatable bonds is 5. The van der Waals surface area contributed by atoms with Crippen molar-refractivity contribution >= 4 is 10.9 Å². The lowest BCUT2D eigenvalue weighted by Crippen LogP contribution is -2.68. The molecule has 4 atom stereocenters. The Bertz CT molecular complexity index is 981. The number of quaternary nitrogens is 1. The minimum Gasteiger partial charge on any atom is -0.315 e. The Morgan fingerprint density at radius 1 is 1.07 bits per heavy atom. The van der Waals surface area contributed by atoms with Gasteiger partial charge in [-0.1, -0.05) is 42.5 Å². The molecule has 0 aliphatic carbocycles. The Morgan fingerprint density at radius 2 is 1.89 bits per heavy atom. The Balaban J connectivity index is 1.50. The summed E-state index contributed by atoms with van der Waals surface area (Å²) in [5, 5.41) is 1.27. The van der Waals surface area contributed by atoms with Crippen LogP contribution in [0.25, 0.3) is 10.9 Å². The van der Waals surface area contributed by atoms with Gasteiger partial charge in [-0.3, -0.25) is 4.98 Å². The lowest BCUT2D eigenvalue weighted by Gasteiger charge is -2.53. The molecule has 6 rings (SSSR count). The van der Waals surface area contributed by atoms with Gasteiger partial charge in [0.05, 0.1) is 5.52 Å². The molecule has 3 aliphatic heterocycles. The standard InChI is InChI=1S/C25H27N2O/c1-2-19-18-27(28-23-8-4-3-5-9-23)15-13-20(19)16-22(27)17-21-12-14-26-25-11-7-6-10-24(21)25/h2-12,14,19-20,22H,1,13,15-18H2/q+1. The fraction of sp³-hybridized carbons (Fsp3) is 0.320. The third kappa shape index (κ3) is 3.00. The normalized spacial score (nSPS) is 28.9. The summed E-state index contributed by atoms with van der Waals surface area (Å²) in [5.74, 6) is 2.24. The molecule has 1 aromatic heterocycles. The molecule has 0 spiro atoms. The van der Waals surface area contributed by atoms with Gasteiger partial charge in [0.25, 0.3) is 0 Å². The highest BCUT2D eigenvalue weighted by atomic mass is 16.7. The number of aromatic nitrogens is 1. The molecule has 0 saturated carbocycles. The minimum absolute atomic E-state index is 0.459. The Kier molecular flexibility index (Phi) is 4.40. The van der Waals surface area contributed by atoms with Crippen LogP contribution in [0, 0.1) is 11.8 Å². The molecular formula is C25H27N2O+. The fourth-order valence-corrected chi connectivity index (χ4v) is 5.31. The maximum absolute atomic E-state index is 6.73. The molecule has 4 unspecified atom stereocenters. The quantitative estimate of drug-likeness (QED) is 0.455. The second kappa shape index (κ2) is 7.06. The monoisotopic (exact) mass is 371 g/mol. The van der Waals surface area contributed by atoms with Gasteiger partial charge in [0.15, 0.2) is 5.75 Å². The zero-order valence-corrected chi connectivity index (χ0v) is 16.2. The molecule has 3 aromatic rings. The number of fused-ring (bicyclic) bond motifs is 4. The van der Waals surface area contributed by atoms with Gasteiger partial charge < -0.3 is 4.84 Å². The van der Waals surface area contributed by atoms with Crippen LogP contribution in [0.2, 0.25) is 0 Å². The lowest BCUT2D eigenvalue weighted by atomic mass is 9.73. The molecule has 2 aromatic carbocycles. The van der Waals surface area contributed by atoms with Gasteiger partial charge >= 0.3 is 0 Å². The Morgan fingerprint density at radius 3 is 2.75 bits per heavy atom. The molecule has 0 N–H and O–H groups in total. The smallest absolute Gasteiger partial charge is 0.190 e. The number of nitrogens with zero attached hydrogens (tertiary/aromatic N) is 2. The maximum atomic E-state index is 6.73. The third-order valence-electron chi connectivity index (χ3n) is 6.77. The molecular weight excluding hydrogens is 344 g/mol. The van der Waals surface area contributed by atoms with Crippen molar-refractivity contribution in [3.63, 3.8) is 0 Å². The first-order valence-electron chi connectivity index (χ1n) is 10.3. The van der Waals surface area contributed by atoms with Crippen LogP contribution >= 0.6 is 0 Å². The van der Waals surface area contributed by atoms with E-state index in [-0.39, 0.29) is 0 Å². The van der Waals surface area contributed by atoms with Crippen molar-refractivity contribution in [2.45, 2.75) is 25.3 Å². The van der Waals surface area contributed by atoms with Crippen LogP contribution in [0.3, 0.4) is 0 Å². The summed E-state index contributed by atoms with van der Waals surface area (Å²) in [7, 11) is 0. The zero-order valence-electron chi connectivity index (χ0n) is 16.2. The van der Waals surface area contributed by atoms with Crippen LogP contribution in [0.4, 0.5) is 0 Å². The minimum atomic E-state index is 0.459. The highest BCUT2D eigenvalue weighted by molar-refractivity contribution is 5.81. The van der Waals surface area contributed by atoms with Crippen LogP contribution in [0.1, 0.15) is 18.4 Å². The largest absolute Gasteiger partial charge is 0.315 e. The fourth-order valence-electron chi connectivity index (χ4n) is 5.31. The maximum Gasteiger partial charge on any atom is 0.190 e. The van der Waals surface area contributed by atoms with Crippen LogP contribution in [-0.2, 0) is 6.42 Å². The summed E-state index contributed by atoms with van der Waals surface area (Å²) in [6.07, 6.45) is 7.54. The van der Waals surface area contributed by atoms with E-state index in [0.717, 1.165) is 36.7 Å². The summed E-state index contributed by atoms with van der Waals surface area (Å²) >= 11 is 0. The van der Waals surface area contributed by atoms with Gasteiger partial charge in [-0.25, -0.2) is 0 Å². The average molecular weight is 372 g/mol. The average Bonchev–Trinajstić information content (AvgIpc) is 2.75. The molecule has 142 valence electrons. The summed E-state index contributed by atoms with van der Waals surface area (Å²) in [6.45, 7) is 6.22. The second-order valence-electron chi connectivity index (χ2n) is 8.29. The van der Waals surface area contributed by atoms with Gasteiger partial charge in [-0.2, -0.15) is 0 Å². The van der Waals surface area contributed by atoms with E-state index < -0.39 is 0 Å². The summed E-state index contributed by atoms with van der Waals surface area (Å²) in [5.41, 5.74) is 2.46. The van der Waals surface area contributed by atoms with Crippen molar-refractivity contribution in [2.24, 2.45) is 11.8 Å². The molecule has 2 bridgehead atoms. The van der Waals surface area contributed by atoms with E-state index in [4.69, 9.17) is 4.84 Å². The first kappa shape index (κ1) is 17.4. The highest BCUT2D eigenvalue weighted by Crippen LogP contribution is 2.44. The van der Waals surface area contributed by atoms with E-state index in [1.54, 1.807) is 0 Å². The number of hydrogen-bond donors (Lipinski definition) is 0. The van der Waals surface area contributed by atoms with Crippen molar-refractivity contribution in [3.05, 3.63) is 85.1 Å². The number of pyridine rings is 1. The predicted octanol–water partition coefficient (Wildman–Crippen LogP) is 5.18. The number of hydroxylamine groups is 3. The van der Waals surface area contributed by atoms with Crippen molar-refractivity contribution in [3.8, 4) is 5.75 Å².